The summed E-state index contributed by atoms with van der Waals surface area (Å²) in [6.45, 7) is 8.61. The zero-order chi connectivity index (χ0) is 18.2. The summed E-state index contributed by atoms with van der Waals surface area (Å²) in [5, 5.41) is 4.42. The molecule has 1 amide bonds. The van der Waals surface area contributed by atoms with E-state index < -0.39 is 0 Å². The lowest BCUT2D eigenvalue weighted by Crippen LogP contribution is -2.46. The summed E-state index contributed by atoms with van der Waals surface area (Å²) in [5.74, 6) is -0.131. The van der Waals surface area contributed by atoms with Crippen molar-refractivity contribution < 1.29 is 9.53 Å². The van der Waals surface area contributed by atoms with Gasteiger partial charge in [0.05, 0.1) is 11.2 Å². The largest absolute Gasteiger partial charge is 0.375 e. The van der Waals surface area contributed by atoms with E-state index in [0.29, 0.717) is 22.9 Å². The van der Waals surface area contributed by atoms with Crippen molar-refractivity contribution in [1.29, 1.82) is 0 Å². The Kier molecular flexibility index (Phi) is 4.69. The summed E-state index contributed by atoms with van der Waals surface area (Å²) >= 11 is 0. The summed E-state index contributed by atoms with van der Waals surface area (Å²) in [4.78, 5) is 25.6. The number of ether oxygens (including phenoxy) is 1. The van der Waals surface area contributed by atoms with Gasteiger partial charge >= 0.3 is 0 Å². The van der Waals surface area contributed by atoms with Gasteiger partial charge in [-0.25, -0.2) is 0 Å². The van der Waals surface area contributed by atoms with Crippen LogP contribution in [0.5, 0.6) is 0 Å². The van der Waals surface area contributed by atoms with E-state index in [4.69, 9.17) is 4.74 Å². The van der Waals surface area contributed by atoms with E-state index in [-0.39, 0.29) is 29.2 Å². The molecule has 0 radical (unpaired) electrons. The van der Waals surface area contributed by atoms with Gasteiger partial charge in [0.1, 0.15) is 0 Å². The number of carbonyl (C=O) groups excluding carboxylic acids is 1. The molecule has 1 saturated heterocycles. The maximum absolute atomic E-state index is 13.0. The third kappa shape index (κ3) is 3.61. The van der Waals surface area contributed by atoms with Crippen LogP contribution in [0.3, 0.4) is 0 Å². The van der Waals surface area contributed by atoms with E-state index in [9.17, 15) is 9.59 Å². The molecular weight excluding hydrogens is 316 g/mol. The number of rotatable bonds is 3. The van der Waals surface area contributed by atoms with Crippen LogP contribution in [-0.2, 0) is 4.74 Å². The molecule has 0 spiro atoms. The maximum Gasteiger partial charge on any atom is 0.258 e. The molecular formula is C20H26N2O3. The number of carbonyl (C=O) groups is 1. The molecule has 1 aromatic carbocycles. The molecule has 1 aromatic heterocycles. The third-order valence-corrected chi connectivity index (χ3v) is 4.78. The van der Waals surface area contributed by atoms with E-state index in [0.717, 1.165) is 12.8 Å². The molecule has 0 bridgehead atoms. The highest BCUT2D eigenvalue weighted by Crippen LogP contribution is 2.25. The number of amides is 1. The highest BCUT2D eigenvalue weighted by Gasteiger charge is 2.30. The molecule has 1 aliphatic heterocycles. The number of aromatic nitrogens is 1. The third-order valence-electron chi connectivity index (χ3n) is 4.78. The van der Waals surface area contributed by atoms with E-state index in [1.807, 2.05) is 45.9 Å². The second-order valence-electron chi connectivity index (χ2n) is 7.67. The van der Waals surface area contributed by atoms with Crippen molar-refractivity contribution in [2.45, 2.75) is 58.2 Å². The van der Waals surface area contributed by atoms with E-state index in [2.05, 4.69) is 5.32 Å². The fourth-order valence-electron chi connectivity index (χ4n) is 3.49. The second-order valence-corrected chi connectivity index (χ2v) is 7.67. The summed E-state index contributed by atoms with van der Waals surface area (Å²) in [6, 6.07) is 7.38. The molecule has 2 heterocycles. The topological polar surface area (TPSA) is 60.3 Å². The fourth-order valence-corrected chi connectivity index (χ4v) is 3.49. The molecule has 1 N–H and O–H groups in total. The molecule has 0 saturated carbocycles. The lowest BCUT2D eigenvalue weighted by atomic mass is 9.93. The number of nitrogens with zero attached hydrogens (tertiary/aromatic N) is 1. The monoisotopic (exact) mass is 342 g/mol. The predicted octanol–water partition coefficient (Wildman–Crippen LogP) is 3.27. The highest BCUT2D eigenvalue weighted by atomic mass is 16.5. The first-order chi connectivity index (χ1) is 11.8. The van der Waals surface area contributed by atoms with Gasteiger partial charge in [0, 0.05) is 35.7 Å². The van der Waals surface area contributed by atoms with Gasteiger partial charge in [-0.3, -0.25) is 9.59 Å². The van der Waals surface area contributed by atoms with Gasteiger partial charge in [-0.05, 0) is 46.6 Å². The van der Waals surface area contributed by atoms with Gasteiger partial charge < -0.3 is 14.6 Å². The first-order valence-corrected chi connectivity index (χ1v) is 8.87. The Morgan fingerprint density at radius 2 is 1.96 bits per heavy atom. The number of nitrogens with one attached hydrogen (secondary N) is 1. The van der Waals surface area contributed by atoms with Crippen LogP contribution in [-0.4, -0.2) is 28.7 Å². The summed E-state index contributed by atoms with van der Waals surface area (Å²) in [6.07, 6.45) is 3.27. The molecule has 0 aliphatic carbocycles. The number of hydrogen-bond donors (Lipinski definition) is 1. The zero-order valence-electron chi connectivity index (χ0n) is 15.3. The Morgan fingerprint density at radius 1 is 1.28 bits per heavy atom. The van der Waals surface area contributed by atoms with Crippen molar-refractivity contribution >= 4 is 16.7 Å². The minimum absolute atomic E-state index is 0.00864. The molecule has 1 fully saturated rings. The summed E-state index contributed by atoms with van der Waals surface area (Å²) in [5.41, 5.74) is 0.261. The van der Waals surface area contributed by atoms with Crippen LogP contribution in [0.25, 0.3) is 10.8 Å². The number of hydrogen-bond acceptors (Lipinski definition) is 3. The van der Waals surface area contributed by atoms with E-state index in [1.165, 1.54) is 0 Å². The summed E-state index contributed by atoms with van der Waals surface area (Å²) < 4.78 is 7.35. The average Bonchev–Trinajstić information content (AvgIpc) is 2.54. The molecule has 5 nitrogen and oxygen atoms in total. The van der Waals surface area contributed by atoms with Gasteiger partial charge in [-0.15, -0.1) is 0 Å². The Hall–Kier alpha value is -2.14. The molecule has 1 aliphatic rings. The highest BCUT2D eigenvalue weighted by molar-refractivity contribution is 6.06. The standard InChI is InChI=1S/C20H26N2O3/c1-13(2)22-12-17(15-7-5-6-8-16(15)19(22)24)18(23)21-14-9-10-25-20(3,4)11-14/h5-8,12-14H,9-11H2,1-4H3,(H,21,23). The minimum Gasteiger partial charge on any atom is -0.375 e. The Balaban J connectivity index is 1.98. The van der Waals surface area contributed by atoms with Crippen LogP contribution >= 0.6 is 0 Å². The number of fused-ring (bicyclic) bond motifs is 1. The minimum atomic E-state index is -0.227. The number of pyridine rings is 1. The molecule has 25 heavy (non-hydrogen) atoms. The predicted molar refractivity (Wildman–Crippen MR) is 99.1 cm³/mol. The van der Waals surface area contributed by atoms with Crippen molar-refractivity contribution in [2.75, 3.05) is 6.61 Å². The lowest BCUT2D eigenvalue weighted by Gasteiger charge is -2.35. The average molecular weight is 342 g/mol. The van der Waals surface area contributed by atoms with Crippen molar-refractivity contribution in [2.24, 2.45) is 0 Å². The SMILES string of the molecule is CC(C)n1cc(C(=O)NC2CCOC(C)(C)C2)c2ccccc2c1=O. The molecule has 1 atom stereocenters. The fraction of sp³-hybridized carbons (Fsp3) is 0.500. The van der Waals surface area contributed by atoms with Crippen molar-refractivity contribution in [3.05, 3.63) is 46.4 Å². The quantitative estimate of drug-likeness (QED) is 0.931. The molecule has 5 heteroatoms. The van der Waals surface area contributed by atoms with Crippen LogP contribution in [0.1, 0.15) is 56.9 Å². The lowest BCUT2D eigenvalue weighted by molar-refractivity contribution is -0.0615. The maximum atomic E-state index is 13.0. The first-order valence-electron chi connectivity index (χ1n) is 8.87. The van der Waals surface area contributed by atoms with Crippen LogP contribution in [0.15, 0.2) is 35.3 Å². The zero-order valence-corrected chi connectivity index (χ0v) is 15.3. The molecule has 134 valence electrons. The van der Waals surface area contributed by atoms with Crippen LogP contribution in [0.2, 0.25) is 0 Å². The van der Waals surface area contributed by atoms with E-state index >= 15 is 0 Å². The van der Waals surface area contributed by atoms with E-state index in [1.54, 1.807) is 16.8 Å². The second kappa shape index (κ2) is 6.64. The Morgan fingerprint density at radius 3 is 2.60 bits per heavy atom. The van der Waals surface area contributed by atoms with Gasteiger partial charge in [-0.2, -0.15) is 0 Å². The Labute approximate surface area is 148 Å². The normalized spacial score (nSPS) is 20.0. The summed E-state index contributed by atoms with van der Waals surface area (Å²) in [7, 11) is 0. The van der Waals surface area contributed by atoms with Crippen molar-refractivity contribution in [3.8, 4) is 0 Å². The Bertz CT molecular complexity index is 852. The molecule has 2 aromatic rings. The van der Waals surface area contributed by atoms with Gasteiger partial charge in [0.2, 0.25) is 0 Å². The smallest absolute Gasteiger partial charge is 0.258 e. The van der Waals surface area contributed by atoms with Crippen LogP contribution < -0.4 is 10.9 Å². The van der Waals surface area contributed by atoms with Crippen LogP contribution in [0, 0.1) is 0 Å². The van der Waals surface area contributed by atoms with Gasteiger partial charge in [0.15, 0.2) is 0 Å². The van der Waals surface area contributed by atoms with Crippen molar-refractivity contribution in [1.82, 2.24) is 9.88 Å². The first kappa shape index (κ1) is 17.7. The van der Waals surface area contributed by atoms with Gasteiger partial charge in [-0.1, -0.05) is 18.2 Å². The molecule has 1 unspecified atom stereocenters. The van der Waals surface area contributed by atoms with Gasteiger partial charge in [0.25, 0.3) is 11.5 Å². The van der Waals surface area contributed by atoms with Crippen molar-refractivity contribution in [3.63, 3.8) is 0 Å². The number of benzene rings is 1. The molecule has 3 rings (SSSR count). The van der Waals surface area contributed by atoms with Crippen LogP contribution in [0.4, 0.5) is 0 Å².